The monoisotopic (exact) mass is 290 g/mol. The van der Waals surface area contributed by atoms with Gasteiger partial charge in [0.15, 0.2) is 5.82 Å². The van der Waals surface area contributed by atoms with Gasteiger partial charge in [0.05, 0.1) is 5.69 Å². The standard InChI is InChI=1S/C17H14N4O/c18-21-17(22)15-11-14(12-7-3-1-4-8-12)19-16(20-15)13-9-5-2-6-10-13/h1-11H,18H2,(H,21,22). The first-order chi connectivity index (χ1) is 10.8. The van der Waals surface area contributed by atoms with Gasteiger partial charge in [-0.15, -0.1) is 0 Å². The van der Waals surface area contributed by atoms with Crippen LogP contribution in [0.25, 0.3) is 22.6 Å². The smallest absolute Gasteiger partial charge is 0.283 e. The van der Waals surface area contributed by atoms with Crippen LogP contribution < -0.4 is 11.3 Å². The summed E-state index contributed by atoms with van der Waals surface area (Å²) >= 11 is 0. The number of amides is 1. The van der Waals surface area contributed by atoms with Gasteiger partial charge < -0.3 is 0 Å². The Balaban J connectivity index is 2.17. The van der Waals surface area contributed by atoms with Crippen molar-refractivity contribution in [2.45, 2.75) is 0 Å². The number of carbonyl (C=O) groups excluding carboxylic acids is 1. The highest BCUT2D eigenvalue weighted by Crippen LogP contribution is 2.22. The van der Waals surface area contributed by atoms with Crippen LogP contribution in [-0.4, -0.2) is 15.9 Å². The van der Waals surface area contributed by atoms with Gasteiger partial charge in [0, 0.05) is 11.1 Å². The lowest BCUT2D eigenvalue weighted by Crippen LogP contribution is -2.31. The fraction of sp³-hybridized carbons (Fsp3) is 0. The molecule has 0 bridgehead atoms. The molecule has 0 unspecified atom stereocenters. The van der Waals surface area contributed by atoms with Gasteiger partial charge in [0.1, 0.15) is 5.69 Å². The highest BCUT2D eigenvalue weighted by molar-refractivity contribution is 5.93. The molecule has 1 amide bonds. The van der Waals surface area contributed by atoms with E-state index in [0.717, 1.165) is 11.1 Å². The molecule has 22 heavy (non-hydrogen) atoms. The zero-order chi connectivity index (χ0) is 15.4. The Morgan fingerprint density at radius 2 is 1.45 bits per heavy atom. The van der Waals surface area contributed by atoms with Crippen molar-refractivity contribution < 1.29 is 4.79 Å². The van der Waals surface area contributed by atoms with E-state index >= 15 is 0 Å². The van der Waals surface area contributed by atoms with Crippen LogP contribution in [-0.2, 0) is 0 Å². The largest absolute Gasteiger partial charge is 0.289 e. The van der Waals surface area contributed by atoms with E-state index in [1.165, 1.54) is 0 Å². The number of aromatic nitrogens is 2. The van der Waals surface area contributed by atoms with Crippen molar-refractivity contribution in [3.8, 4) is 22.6 Å². The van der Waals surface area contributed by atoms with Gasteiger partial charge in [-0.05, 0) is 6.07 Å². The maximum absolute atomic E-state index is 11.9. The Kier molecular flexibility index (Phi) is 3.89. The van der Waals surface area contributed by atoms with Crippen molar-refractivity contribution in [2.75, 3.05) is 0 Å². The highest BCUT2D eigenvalue weighted by atomic mass is 16.2. The molecule has 0 spiro atoms. The van der Waals surface area contributed by atoms with Crippen molar-refractivity contribution in [3.05, 3.63) is 72.4 Å². The second-order valence-corrected chi connectivity index (χ2v) is 4.67. The SMILES string of the molecule is NNC(=O)c1cc(-c2ccccc2)nc(-c2ccccc2)n1. The lowest BCUT2D eigenvalue weighted by Gasteiger charge is -2.08. The van der Waals surface area contributed by atoms with Crippen molar-refractivity contribution >= 4 is 5.91 Å². The number of hydrogen-bond acceptors (Lipinski definition) is 4. The number of hydrogen-bond donors (Lipinski definition) is 2. The predicted molar refractivity (Wildman–Crippen MR) is 84.6 cm³/mol. The lowest BCUT2D eigenvalue weighted by molar-refractivity contribution is 0.0948. The summed E-state index contributed by atoms with van der Waals surface area (Å²) in [5.74, 6) is 5.26. The molecule has 0 saturated carbocycles. The van der Waals surface area contributed by atoms with Gasteiger partial charge in [-0.1, -0.05) is 60.7 Å². The van der Waals surface area contributed by atoms with Crippen LogP contribution in [0.2, 0.25) is 0 Å². The number of carbonyl (C=O) groups is 1. The Morgan fingerprint density at radius 3 is 2.05 bits per heavy atom. The van der Waals surface area contributed by atoms with Crippen molar-refractivity contribution in [2.24, 2.45) is 5.84 Å². The summed E-state index contributed by atoms with van der Waals surface area (Å²) in [7, 11) is 0. The molecule has 0 aliphatic heterocycles. The molecule has 0 aliphatic carbocycles. The van der Waals surface area contributed by atoms with E-state index in [0.29, 0.717) is 11.5 Å². The van der Waals surface area contributed by atoms with Crippen LogP contribution in [0.4, 0.5) is 0 Å². The fourth-order valence-electron chi connectivity index (χ4n) is 2.11. The number of nitrogens with zero attached hydrogens (tertiary/aromatic N) is 2. The van der Waals surface area contributed by atoms with Gasteiger partial charge >= 0.3 is 0 Å². The minimum atomic E-state index is -0.447. The molecule has 1 heterocycles. The molecular formula is C17H14N4O. The summed E-state index contributed by atoms with van der Waals surface area (Å²) in [4.78, 5) is 20.7. The van der Waals surface area contributed by atoms with E-state index in [1.54, 1.807) is 6.07 Å². The normalized spacial score (nSPS) is 10.2. The minimum absolute atomic E-state index is 0.232. The Bertz CT molecular complexity index is 731. The average Bonchev–Trinajstić information content (AvgIpc) is 2.62. The molecule has 1 aromatic heterocycles. The van der Waals surface area contributed by atoms with Crippen LogP contribution in [0.5, 0.6) is 0 Å². The first kappa shape index (κ1) is 13.9. The van der Waals surface area contributed by atoms with E-state index in [1.807, 2.05) is 60.7 Å². The third kappa shape index (κ3) is 2.84. The second-order valence-electron chi connectivity index (χ2n) is 4.67. The van der Waals surface area contributed by atoms with E-state index in [9.17, 15) is 4.79 Å². The van der Waals surface area contributed by atoms with E-state index in [4.69, 9.17) is 5.84 Å². The van der Waals surface area contributed by atoms with Crippen LogP contribution in [0.1, 0.15) is 10.5 Å². The Morgan fingerprint density at radius 1 is 0.864 bits per heavy atom. The molecule has 0 radical (unpaired) electrons. The molecular weight excluding hydrogens is 276 g/mol. The summed E-state index contributed by atoms with van der Waals surface area (Å²) in [6.45, 7) is 0. The molecule has 2 aromatic carbocycles. The fourth-order valence-corrected chi connectivity index (χ4v) is 2.11. The Labute approximate surface area is 127 Å². The molecule has 0 saturated heterocycles. The molecule has 0 atom stereocenters. The zero-order valence-corrected chi connectivity index (χ0v) is 11.7. The average molecular weight is 290 g/mol. The first-order valence-electron chi connectivity index (χ1n) is 6.79. The maximum Gasteiger partial charge on any atom is 0.283 e. The first-order valence-corrected chi connectivity index (χ1v) is 6.79. The van der Waals surface area contributed by atoms with Crippen molar-refractivity contribution in [1.29, 1.82) is 0 Å². The number of benzene rings is 2. The summed E-state index contributed by atoms with van der Waals surface area (Å²) < 4.78 is 0. The lowest BCUT2D eigenvalue weighted by atomic mass is 10.1. The third-order valence-electron chi connectivity index (χ3n) is 3.19. The zero-order valence-electron chi connectivity index (χ0n) is 11.7. The van der Waals surface area contributed by atoms with Gasteiger partial charge in [-0.3, -0.25) is 10.2 Å². The molecule has 0 fully saturated rings. The Hall–Kier alpha value is -3.05. The molecule has 3 aromatic rings. The topological polar surface area (TPSA) is 80.9 Å². The maximum atomic E-state index is 11.9. The van der Waals surface area contributed by atoms with Crippen LogP contribution in [0, 0.1) is 0 Å². The molecule has 5 heteroatoms. The summed E-state index contributed by atoms with van der Waals surface area (Å²) in [6, 6.07) is 20.8. The molecule has 5 nitrogen and oxygen atoms in total. The molecule has 3 rings (SSSR count). The van der Waals surface area contributed by atoms with Gasteiger partial charge in [-0.25, -0.2) is 15.8 Å². The summed E-state index contributed by atoms with van der Waals surface area (Å²) in [5, 5.41) is 0. The second kappa shape index (κ2) is 6.15. The minimum Gasteiger partial charge on any atom is -0.289 e. The number of rotatable bonds is 3. The number of nitrogen functional groups attached to an aromatic ring is 1. The van der Waals surface area contributed by atoms with Crippen molar-refractivity contribution in [3.63, 3.8) is 0 Å². The number of hydrazine groups is 1. The van der Waals surface area contributed by atoms with Gasteiger partial charge in [0.2, 0.25) is 0 Å². The van der Waals surface area contributed by atoms with Crippen LogP contribution in [0.15, 0.2) is 66.7 Å². The third-order valence-corrected chi connectivity index (χ3v) is 3.19. The molecule has 0 aliphatic rings. The van der Waals surface area contributed by atoms with Gasteiger partial charge in [0.25, 0.3) is 5.91 Å². The predicted octanol–water partition coefficient (Wildman–Crippen LogP) is 2.41. The van der Waals surface area contributed by atoms with Crippen molar-refractivity contribution in [1.82, 2.24) is 15.4 Å². The molecule has 3 N–H and O–H groups in total. The molecule has 108 valence electrons. The van der Waals surface area contributed by atoms with E-state index < -0.39 is 5.91 Å². The van der Waals surface area contributed by atoms with E-state index in [2.05, 4.69) is 15.4 Å². The van der Waals surface area contributed by atoms with E-state index in [-0.39, 0.29) is 5.69 Å². The van der Waals surface area contributed by atoms with Gasteiger partial charge in [-0.2, -0.15) is 0 Å². The number of nitrogens with one attached hydrogen (secondary N) is 1. The summed E-state index contributed by atoms with van der Waals surface area (Å²) in [6.07, 6.45) is 0. The highest BCUT2D eigenvalue weighted by Gasteiger charge is 2.12. The van der Waals surface area contributed by atoms with Crippen LogP contribution >= 0.6 is 0 Å². The summed E-state index contributed by atoms with van der Waals surface area (Å²) in [5.41, 5.74) is 4.76. The van der Waals surface area contributed by atoms with Crippen LogP contribution in [0.3, 0.4) is 0 Å². The number of nitrogens with two attached hydrogens (primary N) is 1. The quantitative estimate of drug-likeness (QED) is 0.441.